The molecule has 82 valence electrons. The quantitative estimate of drug-likeness (QED) is 0.811. The number of piperidine rings is 1. The number of likely N-dealkylation sites (N-methyl/N-ethyl adjacent to an activating group) is 1. The van der Waals surface area contributed by atoms with Gasteiger partial charge in [-0.15, -0.1) is 0 Å². The van der Waals surface area contributed by atoms with Crippen molar-refractivity contribution in [3.63, 3.8) is 0 Å². The van der Waals surface area contributed by atoms with Gasteiger partial charge >= 0.3 is 0 Å². The first kappa shape index (κ1) is 10.4. The van der Waals surface area contributed by atoms with E-state index < -0.39 is 0 Å². The minimum Gasteiger partial charge on any atom is -0.350 e. The van der Waals surface area contributed by atoms with Crippen molar-refractivity contribution in [1.82, 2.24) is 14.9 Å². The van der Waals surface area contributed by atoms with Crippen LogP contribution in [0.3, 0.4) is 0 Å². The highest BCUT2D eigenvalue weighted by atomic mass is 15.2. The molecule has 0 spiro atoms. The number of nitrogens with zero attached hydrogens (tertiary/aromatic N) is 3. The van der Waals surface area contributed by atoms with E-state index in [1.165, 1.54) is 19.4 Å². The average Bonchev–Trinajstić information content (AvgIpc) is 2.31. The lowest BCUT2D eigenvalue weighted by molar-refractivity contribution is 0.226. The zero-order valence-electron chi connectivity index (χ0n) is 9.19. The Morgan fingerprint density at radius 1 is 1.47 bits per heavy atom. The monoisotopic (exact) mass is 206 g/mol. The molecule has 1 unspecified atom stereocenters. The summed E-state index contributed by atoms with van der Waals surface area (Å²) < 4.78 is 0. The Kier molecular flexibility index (Phi) is 3.50. The first-order valence-corrected chi connectivity index (χ1v) is 5.64. The molecule has 1 aliphatic heterocycles. The number of hydrogen-bond donors (Lipinski definition) is 1. The smallest absolute Gasteiger partial charge is 0.222 e. The molecule has 2 heterocycles. The van der Waals surface area contributed by atoms with Crippen LogP contribution >= 0.6 is 0 Å². The molecule has 0 bridgehead atoms. The molecule has 4 nitrogen and oxygen atoms in total. The third kappa shape index (κ3) is 2.89. The Hall–Kier alpha value is -1.16. The highest BCUT2D eigenvalue weighted by molar-refractivity contribution is 5.24. The molecule has 1 saturated heterocycles. The minimum absolute atomic E-state index is 0.501. The molecule has 0 aromatic carbocycles. The summed E-state index contributed by atoms with van der Waals surface area (Å²) in [4.78, 5) is 10.8. The number of aromatic nitrogens is 2. The zero-order chi connectivity index (χ0) is 10.5. The van der Waals surface area contributed by atoms with E-state index in [4.69, 9.17) is 0 Å². The molecule has 0 radical (unpaired) electrons. The van der Waals surface area contributed by atoms with Crippen LogP contribution in [0, 0.1) is 0 Å². The second kappa shape index (κ2) is 5.07. The van der Waals surface area contributed by atoms with Crippen molar-refractivity contribution < 1.29 is 0 Å². The fourth-order valence-corrected chi connectivity index (χ4v) is 2.02. The third-order valence-electron chi connectivity index (χ3n) is 2.85. The van der Waals surface area contributed by atoms with Crippen LogP contribution in [-0.4, -0.2) is 40.5 Å². The van der Waals surface area contributed by atoms with Crippen LogP contribution in [0.1, 0.15) is 19.8 Å². The third-order valence-corrected chi connectivity index (χ3v) is 2.85. The average molecular weight is 206 g/mol. The van der Waals surface area contributed by atoms with Crippen molar-refractivity contribution in [2.75, 3.05) is 25.0 Å². The van der Waals surface area contributed by atoms with Gasteiger partial charge in [0.05, 0.1) is 0 Å². The molecule has 0 saturated carbocycles. The maximum Gasteiger partial charge on any atom is 0.222 e. The van der Waals surface area contributed by atoms with Crippen molar-refractivity contribution in [3.05, 3.63) is 18.5 Å². The fourth-order valence-electron chi connectivity index (χ4n) is 2.02. The maximum absolute atomic E-state index is 4.18. The molecule has 15 heavy (non-hydrogen) atoms. The van der Waals surface area contributed by atoms with Crippen molar-refractivity contribution in [2.45, 2.75) is 25.8 Å². The van der Waals surface area contributed by atoms with Crippen LogP contribution in [0.5, 0.6) is 0 Å². The number of likely N-dealkylation sites (tertiary alicyclic amines) is 1. The topological polar surface area (TPSA) is 41.0 Å². The minimum atomic E-state index is 0.501. The van der Waals surface area contributed by atoms with Crippen molar-refractivity contribution in [1.29, 1.82) is 0 Å². The summed E-state index contributed by atoms with van der Waals surface area (Å²) in [5.74, 6) is 0.750. The fraction of sp³-hybridized carbons (Fsp3) is 0.636. The molecule has 2 rings (SSSR count). The van der Waals surface area contributed by atoms with Gasteiger partial charge in [-0.2, -0.15) is 0 Å². The molecule has 1 fully saturated rings. The summed E-state index contributed by atoms with van der Waals surface area (Å²) in [6, 6.07) is 2.34. The second-order valence-electron chi connectivity index (χ2n) is 3.95. The lowest BCUT2D eigenvalue weighted by Gasteiger charge is -2.32. The number of anilines is 1. The summed E-state index contributed by atoms with van der Waals surface area (Å²) in [5.41, 5.74) is 0. The molecule has 0 aliphatic carbocycles. The number of rotatable bonds is 3. The first-order chi connectivity index (χ1) is 7.38. The lowest BCUT2D eigenvalue weighted by atomic mass is 10.1. The molecular weight excluding hydrogens is 188 g/mol. The molecule has 1 N–H and O–H groups in total. The van der Waals surface area contributed by atoms with Gasteiger partial charge in [0.1, 0.15) is 0 Å². The van der Waals surface area contributed by atoms with Crippen molar-refractivity contribution in [3.8, 4) is 0 Å². The van der Waals surface area contributed by atoms with Gasteiger partial charge in [-0.1, -0.05) is 6.92 Å². The van der Waals surface area contributed by atoms with E-state index in [0.717, 1.165) is 19.0 Å². The van der Waals surface area contributed by atoms with Gasteiger partial charge < -0.3 is 10.2 Å². The predicted molar refractivity (Wildman–Crippen MR) is 60.8 cm³/mol. The van der Waals surface area contributed by atoms with Crippen LogP contribution in [0.2, 0.25) is 0 Å². The summed E-state index contributed by atoms with van der Waals surface area (Å²) in [5, 5.41) is 3.38. The number of hydrogen-bond acceptors (Lipinski definition) is 4. The summed E-state index contributed by atoms with van der Waals surface area (Å²) in [6.45, 7) is 5.67. The summed E-state index contributed by atoms with van der Waals surface area (Å²) in [6.07, 6.45) is 6.03. The van der Waals surface area contributed by atoms with Gasteiger partial charge in [-0.25, -0.2) is 9.97 Å². The van der Waals surface area contributed by atoms with E-state index in [1.807, 2.05) is 6.07 Å². The predicted octanol–water partition coefficient (Wildman–Crippen LogP) is 1.37. The summed E-state index contributed by atoms with van der Waals surface area (Å²) in [7, 11) is 0. The van der Waals surface area contributed by atoms with Crippen LogP contribution < -0.4 is 5.32 Å². The maximum atomic E-state index is 4.18. The lowest BCUT2D eigenvalue weighted by Crippen LogP contribution is -2.42. The van der Waals surface area contributed by atoms with E-state index in [9.17, 15) is 0 Å². The van der Waals surface area contributed by atoms with Crippen molar-refractivity contribution in [2.24, 2.45) is 0 Å². The van der Waals surface area contributed by atoms with Gasteiger partial charge in [-0.05, 0) is 32.0 Å². The molecule has 1 aromatic heterocycles. The molecule has 1 atom stereocenters. The molecule has 0 amide bonds. The number of nitrogens with one attached hydrogen (secondary N) is 1. The second-order valence-corrected chi connectivity index (χ2v) is 3.95. The normalized spacial score (nSPS) is 22.6. The summed E-state index contributed by atoms with van der Waals surface area (Å²) >= 11 is 0. The van der Waals surface area contributed by atoms with Gasteiger partial charge in [-0.3, -0.25) is 0 Å². The van der Waals surface area contributed by atoms with E-state index in [-0.39, 0.29) is 0 Å². The highest BCUT2D eigenvalue weighted by Crippen LogP contribution is 2.12. The molecule has 1 aliphatic rings. The van der Waals surface area contributed by atoms with Crippen LogP contribution in [-0.2, 0) is 0 Å². The van der Waals surface area contributed by atoms with E-state index in [1.54, 1.807) is 12.4 Å². The van der Waals surface area contributed by atoms with Crippen LogP contribution in [0.4, 0.5) is 5.95 Å². The van der Waals surface area contributed by atoms with Gasteiger partial charge in [0.15, 0.2) is 0 Å². The van der Waals surface area contributed by atoms with Gasteiger partial charge in [0, 0.05) is 25.0 Å². The molecular formula is C11H18N4. The standard InChI is InChI=1S/C11H18N4/c1-2-15-8-3-5-10(9-15)14-11-12-6-4-7-13-11/h4,6-7,10H,2-3,5,8-9H2,1H3,(H,12,13,14). The van der Waals surface area contributed by atoms with E-state index in [0.29, 0.717) is 6.04 Å². The van der Waals surface area contributed by atoms with Gasteiger partial charge in [0.25, 0.3) is 0 Å². The van der Waals surface area contributed by atoms with Crippen molar-refractivity contribution >= 4 is 5.95 Å². The Morgan fingerprint density at radius 2 is 2.27 bits per heavy atom. The Balaban J connectivity index is 1.89. The Labute approximate surface area is 90.7 Å². The van der Waals surface area contributed by atoms with E-state index in [2.05, 4.69) is 27.1 Å². The molecule has 4 heteroatoms. The van der Waals surface area contributed by atoms with Crippen LogP contribution in [0.15, 0.2) is 18.5 Å². The largest absolute Gasteiger partial charge is 0.350 e. The van der Waals surface area contributed by atoms with Crippen LogP contribution in [0.25, 0.3) is 0 Å². The zero-order valence-corrected chi connectivity index (χ0v) is 9.19. The van der Waals surface area contributed by atoms with E-state index >= 15 is 0 Å². The highest BCUT2D eigenvalue weighted by Gasteiger charge is 2.18. The SMILES string of the molecule is CCN1CCCC(Nc2ncccn2)C1. The van der Waals surface area contributed by atoms with Gasteiger partial charge in [0.2, 0.25) is 5.95 Å². The Bertz CT molecular complexity index is 288. The Morgan fingerprint density at radius 3 is 3.00 bits per heavy atom. The molecule has 1 aromatic rings. The first-order valence-electron chi connectivity index (χ1n) is 5.64.